The predicted molar refractivity (Wildman–Crippen MR) is 137 cm³/mol. The molecule has 1 amide bonds. The summed E-state index contributed by atoms with van der Waals surface area (Å²) in [6.45, 7) is 9.50. The number of aromatic nitrogens is 2. The average Bonchev–Trinajstić information content (AvgIpc) is 2.82. The standard InChI is InChI=1S/C28H33ClN4O/c1-19-14-20(2)16-22(15-19)17-31-28(34)25-18-30-21(3)32-27(25)24-9-12-33(13-10-24)11-8-23-6-4-5-7-26(23)29/h4-7,14-16,18,24H,8-13,17H2,1-3H3,(H,31,34). The van der Waals surface area contributed by atoms with Crippen LogP contribution in [0.5, 0.6) is 0 Å². The summed E-state index contributed by atoms with van der Waals surface area (Å²) in [5, 5.41) is 3.92. The van der Waals surface area contributed by atoms with Gasteiger partial charge < -0.3 is 10.2 Å². The van der Waals surface area contributed by atoms with E-state index in [1.807, 2.05) is 25.1 Å². The smallest absolute Gasteiger partial charge is 0.254 e. The SMILES string of the molecule is Cc1cc(C)cc(CNC(=O)c2cnc(C)nc2C2CCN(CCc3ccccc3Cl)CC2)c1. The molecule has 0 unspecified atom stereocenters. The molecule has 0 bridgehead atoms. The Hall–Kier alpha value is -2.76. The van der Waals surface area contributed by atoms with E-state index in [4.69, 9.17) is 16.6 Å². The maximum atomic E-state index is 13.1. The third kappa shape index (κ3) is 6.22. The molecule has 2 heterocycles. The van der Waals surface area contributed by atoms with Crippen molar-refractivity contribution in [3.8, 4) is 0 Å². The van der Waals surface area contributed by atoms with Crippen molar-refractivity contribution in [3.05, 3.63) is 93.0 Å². The number of likely N-dealkylation sites (tertiary alicyclic amines) is 1. The highest BCUT2D eigenvalue weighted by Crippen LogP contribution is 2.29. The van der Waals surface area contributed by atoms with Crippen LogP contribution in [0, 0.1) is 20.8 Å². The minimum atomic E-state index is -0.102. The van der Waals surface area contributed by atoms with E-state index < -0.39 is 0 Å². The van der Waals surface area contributed by atoms with Crippen LogP contribution in [0.4, 0.5) is 0 Å². The molecule has 34 heavy (non-hydrogen) atoms. The van der Waals surface area contributed by atoms with Gasteiger partial charge in [0.25, 0.3) is 5.91 Å². The lowest BCUT2D eigenvalue weighted by molar-refractivity contribution is 0.0947. The highest BCUT2D eigenvalue weighted by atomic mass is 35.5. The number of nitrogens with zero attached hydrogens (tertiary/aromatic N) is 3. The zero-order valence-corrected chi connectivity index (χ0v) is 21.0. The van der Waals surface area contributed by atoms with Gasteiger partial charge in [-0.25, -0.2) is 9.97 Å². The Labute approximate surface area is 207 Å². The Morgan fingerprint density at radius 1 is 1.09 bits per heavy atom. The molecule has 5 nitrogen and oxygen atoms in total. The monoisotopic (exact) mass is 476 g/mol. The van der Waals surface area contributed by atoms with Crippen LogP contribution >= 0.6 is 11.6 Å². The Morgan fingerprint density at radius 2 is 1.79 bits per heavy atom. The molecule has 1 aliphatic heterocycles. The normalized spacial score (nSPS) is 14.8. The first-order valence-corrected chi connectivity index (χ1v) is 12.4. The fraction of sp³-hybridized carbons (Fsp3) is 0.393. The van der Waals surface area contributed by atoms with E-state index >= 15 is 0 Å². The summed E-state index contributed by atoms with van der Waals surface area (Å²) in [7, 11) is 0. The molecule has 6 heteroatoms. The van der Waals surface area contributed by atoms with Crippen molar-refractivity contribution in [3.63, 3.8) is 0 Å². The molecule has 1 saturated heterocycles. The average molecular weight is 477 g/mol. The van der Waals surface area contributed by atoms with Gasteiger partial charge in [-0.05, 0) is 70.3 Å². The number of carbonyl (C=O) groups is 1. The van der Waals surface area contributed by atoms with Crippen molar-refractivity contribution in [2.75, 3.05) is 19.6 Å². The molecular weight excluding hydrogens is 444 g/mol. The maximum Gasteiger partial charge on any atom is 0.254 e. The van der Waals surface area contributed by atoms with Crippen molar-refractivity contribution < 1.29 is 4.79 Å². The first-order chi connectivity index (χ1) is 16.4. The third-order valence-electron chi connectivity index (χ3n) is 6.55. The van der Waals surface area contributed by atoms with Gasteiger partial charge in [-0.1, -0.05) is 59.1 Å². The summed E-state index contributed by atoms with van der Waals surface area (Å²) in [6.07, 6.45) is 4.61. The largest absolute Gasteiger partial charge is 0.348 e. The van der Waals surface area contributed by atoms with Crippen LogP contribution in [-0.4, -0.2) is 40.4 Å². The summed E-state index contributed by atoms with van der Waals surface area (Å²) in [4.78, 5) is 24.6. The summed E-state index contributed by atoms with van der Waals surface area (Å²) in [5.74, 6) is 0.873. The Balaban J connectivity index is 1.38. The molecule has 1 fully saturated rings. The maximum absolute atomic E-state index is 13.1. The van der Waals surface area contributed by atoms with Gasteiger partial charge >= 0.3 is 0 Å². The van der Waals surface area contributed by atoms with Gasteiger partial charge in [-0.2, -0.15) is 0 Å². The van der Waals surface area contributed by atoms with E-state index in [-0.39, 0.29) is 11.8 Å². The number of hydrogen-bond acceptors (Lipinski definition) is 4. The molecule has 1 aliphatic rings. The number of carbonyl (C=O) groups excluding carboxylic acids is 1. The van der Waals surface area contributed by atoms with E-state index in [1.165, 1.54) is 16.7 Å². The molecule has 0 aliphatic carbocycles. The lowest BCUT2D eigenvalue weighted by Crippen LogP contribution is -2.35. The fourth-order valence-corrected chi connectivity index (χ4v) is 5.06. The molecule has 2 aromatic carbocycles. The van der Waals surface area contributed by atoms with Crippen molar-refractivity contribution in [1.82, 2.24) is 20.2 Å². The van der Waals surface area contributed by atoms with Crippen LogP contribution in [0.1, 0.15) is 62.9 Å². The third-order valence-corrected chi connectivity index (χ3v) is 6.92. The quantitative estimate of drug-likeness (QED) is 0.495. The van der Waals surface area contributed by atoms with Crippen LogP contribution in [0.2, 0.25) is 5.02 Å². The van der Waals surface area contributed by atoms with Gasteiger partial charge in [-0.15, -0.1) is 0 Å². The van der Waals surface area contributed by atoms with Crippen LogP contribution in [0.3, 0.4) is 0 Å². The van der Waals surface area contributed by atoms with E-state index in [9.17, 15) is 4.79 Å². The van der Waals surface area contributed by atoms with Crippen molar-refractivity contribution in [2.45, 2.75) is 52.5 Å². The van der Waals surface area contributed by atoms with Crippen LogP contribution in [0.15, 0.2) is 48.7 Å². The first-order valence-electron chi connectivity index (χ1n) is 12.0. The number of benzene rings is 2. The van der Waals surface area contributed by atoms with Gasteiger partial charge in [0.2, 0.25) is 0 Å². The fourth-order valence-electron chi connectivity index (χ4n) is 4.83. The molecular formula is C28H33ClN4O. The van der Waals surface area contributed by atoms with Crippen LogP contribution in [-0.2, 0) is 13.0 Å². The molecule has 0 saturated carbocycles. The summed E-state index contributed by atoms with van der Waals surface area (Å²) < 4.78 is 0. The number of piperidine rings is 1. The summed E-state index contributed by atoms with van der Waals surface area (Å²) in [6, 6.07) is 14.4. The van der Waals surface area contributed by atoms with Crippen molar-refractivity contribution in [2.24, 2.45) is 0 Å². The minimum absolute atomic E-state index is 0.102. The minimum Gasteiger partial charge on any atom is -0.348 e. The molecule has 1 N–H and O–H groups in total. The van der Waals surface area contributed by atoms with E-state index in [1.54, 1.807) is 6.20 Å². The molecule has 4 rings (SSSR count). The molecule has 178 valence electrons. The van der Waals surface area contributed by atoms with Crippen molar-refractivity contribution >= 4 is 17.5 Å². The number of hydrogen-bond donors (Lipinski definition) is 1. The van der Waals surface area contributed by atoms with Gasteiger partial charge in [0, 0.05) is 30.2 Å². The number of halogens is 1. The number of aryl methyl sites for hydroxylation is 3. The van der Waals surface area contributed by atoms with Crippen LogP contribution < -0.4 is 5.32 Å². The number of nitrogens with one attached hydrogen (secondary N) is 1. The van der Waals surface area contributed by atoms with E-state index in [0.29, 0.717) is 17.9 Å². The topological polar surface area (TPSA) is 58.1 Å². The highest BCUT2D eigenvalue weighted by Gasteiger charge is 2.26. The second kappa shape index (κ2) is 11.1. The van der Waals surface area contributed by atoms with Gasteiger partial charge in [0.05, 0.1) is 11.3 Å². The first kappa shape index (κ1) is 24.4. The second-order valence-electron chi connectivity index (χ2n) is 9.35. The molecule has 3 aromatic rings. The zero-order chi connectivity index (χ0) is 24.1. The van der Waals surface area contributed by atoms with E-state index in [0.717, 1.165) is 55.2 Å². The number of rotatable bonds is 7. The molecule has 0 radical (unpaired) electrons. The van der Waals surface area contributed by atoms with Crippen LogP contribution in [0.25, 0.3) is 0 Å². The van der Waals surface area contributed by atoms with Gasteiger partial charge in [0.1, 0.15) is 5.82 Å². The molecule has 0 atom stereocenters. The summed E-state index contributed by atoms with van der Waals surface area (Å²) in [5.41, 5.74) is 6.18. The second-order valence-corrected chi connectivity index (χ2v) is 9.76. The summed E-state index contributed by atoms with van der Waals surface area (Å²) >= 11 is 6.32. The molecule has 0 spiro atoms. The Morgan fingerprint density at radius 3 is 2.50 bits per heavy atom. The molecule has 1 aromatic heterocycles. The lowest BCUT2D eigenvalue weighted by atomic mass is 9.90. The van der Waals surface area contributed by atoms with E-state index in [2.05, 4.69) is 53.3 Å². The zero-order valence-electron chi connectivity index (χ0n) is 20.3. The highest BCUT2D eigenvalue weighted by molar-refractivity contribution is 6.31. The Bertz CT molecular complexity index is 1130. The predicted octanol–water partition coefficient (Wildman–Crippen LogP) is 5.41. The number of amides is 1. The van der Waals surface area contributed by atoms with Crippen molar-refractivity contribution in [1.29, 1.82) is 0 Å². The van der Waals surface area contributed by atoms with Gasteiger partial charge in [-0.3, -0.25) is 4.79 Å². The Kier molecular flexibility index (Phi) is 7.96. The van der Waals surface area contributed by atoms with Gasteiger partial charge in [0.15, 0.2) is 0 Å². The lowest BCUT2D eigenvalue weighted by Gasteiger charge is -2.32.